The van der Waals surface area contributed by atoms with E-state index in [1.165, 1.54) is 0 Å². The van der Waals surface area contributed by atoms with Gasteiger partial charge in [0.2, 0.25) is 4.77 Å². The predicted octanol–water partition coefficient (Wildman–Crippen LogP) is 0.608. The molecule has 6 heteroatoms. The molecule has 0 saturated carbocycles. The summed E-state index contributed by atoms with van der Waals surface area (Å²) in [5, 5.41) is 0. The molecule has 2 rings (SSSR count). The van der Waals surface area contributed by atoms with Crippen LogP contribution in [-0.2, 0) is 7.05 Å². The zero-order valence-electron chi connectivity index (χ0n) is 6.40. The van der Waals surface area contributed by atoms with E-state index in [4.69, 9.17) is 18.0 Å². The Bertz CT molecular complexity index is 482. The van der Waals surface area contributed by atoms with E-state index in [1.54, 1.807) is 17.9 Å². The largest absolute Gasteiger partial charge is 0.383 e. The second-order valence-electron chi connectivity index (χ2n) is 2.44. The minimum Gasteiger partial charge on any atom is -0.383 e. The fourth-order valence-electron chi connectivity index (χ4n) is 0.997. The zero-order valence-corrected chi connectivity index (χ0v) is 7.22. The van der Waals surface area contributed by atoms with Crippen molar-refractivity contribution in [2.45, 2.75) is 0 Å². The second kappa shape index (κ2) is 2.28. The number of imidazole rings is 1. The van der Waals surface area contributed by atoms with Crippen molar-refractivity contribution >= 4 is 29.2 Å². The van der Waals surface area contributed by atoms with Crippen LogP contribution in [0.2, 0.25) is 0 Å². The monoisotopic (exact) mass is 181 g/mol. The summed E-state index contributed by atoms with van der Waals surface area (Å²) in [6, 6.07) is 0. The van der Waals surface area contributed by atoms with E-state index >= 15 is 0 Å². The van der Waals surface area contributed by atoms with Crippen molar-refractivity contribution in [3.8, 4) is 0 Å². The predicted molar refractivity (Wildman–Crippen MR) is 48.1 cm³/mol. The van der Waals surface area contributed by atoms with Crippen molar-refractivity contribution in [3.05, 3.63) is 11.1 Å². The molecule has 5 nitrogen and oxygen atoms in total. The number of nitrogens with one attached hydrogen (secondary N) is 1. The van der Waals surface area contributed by atoms with Gasteiger partial charge in [0.25, 0.3) is 0 Å². The number of H-pyrrole nitrogens is 1. The van der Waals surface area contributed by atoms with Crippen molar-refractivity contribution < 1.29 is 0 Å². The highest BCUT2D eigenvalue weighted by Crippen LogP contribution is 2.13. The van der Waals surface area contributed by atoms with E-state index < -0.39 is 0 Å². The molecule has 3 N–H and O–H groups in total. The zero-order chi connectivity index (χ0) is 8.72. The molecule has 2 aromatic rings. The van der Waals surface area contributed by atoms with Crippen LogP contribution >= 0.6 is 12.2 Å². The van der Waals surface area contributed by atoms with Crippen molar-refractivity contribution in [2.24, 2.45) is 7.05 Å². The lowest BCUT2D eigenvalue weighted by Gasteiger charge is -2.02. The van der Waals surface area contributed by atoms with Crippen LogP contribution in [-0.4, -0.2) is 19.5 Å². The summed E-state index contributed by atoms with van der Waals surface area (Å²) >= 11 is 4.95. The van der Waals surface area contributed by atoms with Crippen LogP contribution in [0.5, 0.6) is 0 Å². The van der Waals surface area contributed by atoms with E-state index in [0.717, 1.165) is 5.52 Å². The van der Waals surface area contributed by atoms with Gasteiger partial charge >= 0.3 is 0 Å². The van der Waals surface area contributed by atoms with Gasteiger partial charge in [0, 0.05) is 7.05 Å². The molecule has 0 aromatic carbocycles. The molecule has 12 heavy (non-hydrogen) atoms. The second-order valence-corrected chi connectivity index (χ2v) is 2.80. The first kappa shape index (κ1) is 7.23. The van der Waals surface area contributed by atoms with Gasteiger partial charge in [0.15, 0.2) is 5.65 Å². The standard InChI is InChI=1S/C6H7N5S/c1-11-4(7)3-5(9-2-8-3)10-6(11)12/h2H,7H2,1H3,(H,8,9,10,12). The summed E-state index contributed by atoms with van der Waals surface area (Å²) in [6.07, 6.45) is 1.54. The minimum absolute atomic E-state index is 0.437. The van der Waals surface area contributed by atoms with Crippen LogP contribution in [0.1, 0.15) is 0 Å². The number of aromatic amines is 1. The Hall–Kier alpha value is -1.43. The Morgan fingerprint density at radius 2 is 2.42 bits per heavy atom. The van der Waals surface area contributed by atoms with E-state index in [0.29, 0.717) is 16.2 Å². The lowest BCUT2D eigenvalue weighted by Crippen LogP contribution is -2.04. The summed E-state index contributed by atoms with van der Waals surface area (Å²) in [5.41, 5.74) is 7.04. The van der Waals surface area contributed by atoms with Gasteiger partial charge in [0.05, 0.1) is 6.33 Å². The third-order valence-electron chi connectivity index (χ3n) is 1.73. The third-order valence-corrected chi connectivity index (χ3v) is 2.09. The first-order valence-corrected chi connectivity index (χ1v) is 3.76. The average Bonchev–Trinajstić information content (AvgIpc) is 2.48. The number of nitrogens with two attached hydrogens (primary N) is 1. The average molecular weight is 181 g/mol. The Labute approximate surface area is 73.3 Å². The van der Waals surface area contributed by atoms with Gasteiger partial charge in [0.1, 0.15) is 11.3 Å². The molecule has 0 unspecified atom stereocenters. The number of hydrogen-bond acceptors (Lipinski definition) is 4. The molecule has 0 amide bonds. The lowest BCUT2D eigenvalue weighted by molar-refractivity contribution is 0.870. The molecule has 0 fully saturated rings. The summed E-state index contributed by atoms with van der Waals surface area (Å²) in [4.78, 5) is 10.9. The van der Waals surface area contributed by atoms with Gasteiger partial charge in [-0.15, -0.1) is 0 Å². The van der Waals surface area contributed by atoms with Crippen LogP contribution in [0.25, 0.3) is 11.2 Å². The first-order chi connectivity index (χ1) is 5.70. The summed E-state index contributed by atoms with van der Waals surface area (Å²) in [6.45, 7) is 0. The quantitative estimate of drug-likeness (QED) is 0.584. The van der Waals surface area contributed by atoms with Crippen molar-refractivity contribution in [2.75, 3.05) is 5.73 Å². The van der Waals surface area contributed by atoms with Gasteiger partial charge < -0.3 is 15.3 Å². The summed E-state index contributed by atoms with van der Waals surface area (Å²) in [7, 11) is 1.77. The Morgan fingerprint density at radius 1 is 1.67 bits per heavy atom. The van der Waals surface area contributed by atoms with Crippen LogP contribution in [0.3, 0.4) is 0 Å². The molecule has 0 spiro atoms. The van der Waals surface area contributed by atoms with Gasteiger partial charge in [-0.25, -0.2) is 4.98 Å². The number of nitrogen functional groups attached to an aromatic ring is 1. The number of rotatable bonds is 0. The van der Waals surface area contributed by atoms with E-state index in [1.807, 2.05) is 0 Å². The van der Waals surface area contributed by atoms with Crippen molar-refractivity contribution in [1.29, 1.82) is 0 Å². The maximum Gasteiger partial charge on any atom is 0.202 e. The highest BCUT2D eigenvalue weighted by Gasteiger charge is 2.04. The Kier molecular flexibility index (Phi) is 1.37. The summed E-state index contributed by atoms with van der Waals surface area (Å²) in [5.74, 6) is 0.558. The topological polar surface area (TPSA) is 72.5 Å². The fraction of sp³-hybridized carbons (Fsp3) is 0.167. The smallest absolute Gasteiger partial charge is 0.202 e. The maximum atomic E-state index is 5.75. The number of aromatic nitrogens is 4. The molecule has 0 aliphatic carbocycles. The highest BCUT2D eigenvalue weighted by molar-refractivity contribution is 7.71. The molecule has 2 heterocycles. The fourth-order valence-corrected chi connectivity index (χ4v) is 1.18. The van der Waals surface area contributed by atoms with Gasteiger partial charge in [-0.05, 0) is 12.2 Å². The first-order valence-electron chi connectivity index (χ1n) is 3.35. The Balaban J connectivity index is 3.04. The Morgan fingerprint density at radius 3 is 3.17 bits per heavy atom. The number of anilines is 1. The molecule has 0 saturated heterocycles. The van der Waals surface area contributed by atoms with Crippen LogP contribution in [0.4, 0.5) is 5.82 Å². The lowest BCUT2D eigenvalue weighted by atomic mass is 10.5. The molecule has 0 atom stereocenters. The number of hydrogen-bond donors (Lipinski definition) is 2. The van der Waals surface area contributed by atoms with E-state index in [9.17, 15) is 0 Å². The van der Waals surface area contributed by atoms with Gasteiger partial charge in [-0.3, -0.25) is 0 Å². The van der Waals surface area contributed by atoms with Crippen LogP contribution in [0, 0.1) is 4.77 Å². The van der Waals surface area contributed by atoms with Crippen molar-refractivity contribution in [1.82, 2.24) is 19.5 Å². The highest BCUT2D eigenvalue weighted by atomic mass is 32.1. The summed E-state index contributed by atoms with van der Waals surface area (Å²) < 4.78 is 2.07. The molecular formula is C6H7N5S. The molecule has 0 radical (unpaired) electrons. The maximum absolute atomic E-state index is 5.75. The molecule has 2 aromatic heterocycles. The number of fused-ring (bicyclic) bond motifs is 1. The molecule has 0 aliphatic heterocycles. The molecule has 62 valence electrons. The minimum atomic E-state index is 0.437. The van der Waals surface area contributed by atoms with Crippen LogP contribution in [0.15, 0.2) is 6.33 Å². The van der Waals surface area contributed by atoms with E-state index in [2.05, 4.69) is 15.0 Å². The number of nitrogens with zero attached hydrogens (tertiary/aromatic N) is 3. The third kappa shape index (κ3) is 0.814. The molecule has 0 aliphatic rings. The van der Waals surface area contributed by atoms with E-state index in [-0.39, 0.29) is 0 Å². The van der Waals surface area contributed by atoms with Crippen molar-refractivity contribution in [3.63, 3.8) is 0 Å². The van der Waals surface area contributed by atoms with Gasteiger partial charge in [-0.1, -0.05) is 0 Å². The van der Waals surface area contributed by atoms with Gasteiger partial charge in [-0.2, -0.15) is 4.98 Å². The normalized spacial score (nSPS) is 10.8. The molecular weight excluding hydrogens is 174 g/mol. The molecule has 0 bridgehead atoms. The SMILES string of the molecule is Cn1c(N)c2[nH]cnc2nc1=S. The van der Waals surface area contributed by atoms with Crippen LogP contribution < -0.4 is 5.73 Å².